The molecule has 0 fully saturated rings. The van der Waals surface area contributed by atoms with E-state index in [-0.39, 0.29) is 6.04 Å². The van der Waals surface area contributed by atoms with Gasteiger partial charge in [0.25, 0.3) is 0 Å². The zero-order valence-corrected chi connectivity index (χ0v) is 21.8. The summed E-state index contributed by atoms with van der Waals surface area (Å²) < 4.78 is 45.3. The Balaban J connectivity index is 1.50. The molecule has 0 aliphatic carbocycles. The van der Waals surface area contributed by atoms with Crippen LogP contribution in [0.5, 0.6) is 0 Å². The third-order valence-corrected chi connectivity index (χ3v) is 7.02. The Morgan fingerprint density at radius 2 is 1.68 bits per heavy atom. The number of nitrogens with two attached hydrogens (primary N) is 1. The van der Waals surface area contributed by atoms with Crippen LogP contribution < -0.4 is 16.4 Å². The van der Waals surface area contributed by atoms with Gasteiger partial charge in [-0.1, -0.05) is 35.0 Å². The zero-order chi connectivity index (χ0) is 27.4. The first-order valence-corrected chi connectivity index (χ1v) is 12.5. The summed E-state index contributed by atoms with van der Waals surface area (Å²) in [5.74, 6) is -0.211. The summed E-state index contributed by atoms with van der Waals surface area (Å²) in [7, 11) is 0. The summed E-state index contributed by atoms with van der Waals surface area (Å²) >= 11 is 6.69. The normalized spacial score (nSPS) is 16.0. The highest BCUT2D eigenvalue weighted by Crippen LogP contribution is 2.42. The van der Waals surface area contributed by atoms with Gasteiger partial charge in [0.05, 0.1) is 10.6 Å². The molecule has 3 aromatic carbocycles. The van der Waals surface area contributed by atoms with Gasteiger partial charge in [-0.15, -0.1) is 0 Å². The van der Waals surface area contributed by atoms with Crippen molar-refractivity contribution < 1.29 is 17.7 Å². The van der Waals surface area contributed by atoms with Crippen LogP contribution in [0.4, 0.5) is 24.5 Å². The minimum Gasteiger partial charge on any atom is -0.341 e. The van der Waals surface area contributed by atoms with Crippen molar-refractivity contribution in [2.45, 2.75) is 44.9 Å². The third-order valence-electron chi connectivity index (χ3n) is 6.71. The fraction of sp³-hybridized carbons (Fsp3) is 0.286. The fourth-order valence-corrected chi connectivity index (χ4v) is 5.07. The lowest BCUT2D eigenvalue weighted by Gasteiger charge is -2.35. The summed E-state index contributed by atoms with van der Waals surface area (Å²) in [5.41, 5.74) is 9.87. The Bertz CT molecular complexity index is 1550. The minimum atomic E-state index is -4.38. The topological polar surface area (TPSA) is 77.3 Å². The molecule has 6 nitrogen and oxygen atoms in total. The smallest absolute Gasteiger partial charge is 0.341 e. The molecule has 38 heavy (non-hydrogen) atoms. The van der Waals surface area contributed by atoms with Crippen LogP contribution in [0.2, 0.25) is 5.02 Å². The van der Waals surface area contributed by atoms with Gasteiger partial charge in [0.15, 0.2) is 5.82 Å². The van der Waals surface area contributed by atoms with E-state index in [4.69, 9.17) is 21.9 Å². The second-order valence-electron chi connectivity index (χ2n) is 10.3. The first-order valence-electron chi connectivity index (χ1n) is 12.1. The van der Waals surface area contributed by atoms with Crippen molar-refractivity contribution in [1.29, 1.82) is 0 Å². The number of benzene rings is 3. The number of nitrogens with zero attached hydrogens (tertiary/aromatic N) is 3. The highest BCUT2D eigenvalue weighted by atomic mass is 35.5. The molecule has 1 atom stereocenters. The van der Waals surface area contributed by atoms with Crippen molar-refractivity contribution in [1.82, 2.24) is 9.72 Å². The lowest BCUT2D eigenvalue weighted by atomic mass is 9.92. The summed E-state index contributed by atoms with van der Waals surface area (Å²) in [6.07, 6.45) is -3.71. The predicted octanol–water partition coefficient (Wildman–Crippen LogP) is 7.14. The molecule has 0 saturated heterocycles. The standard InChI is InChI=1S/C28H26ClF3N4O2/c1-27(2,3)36-25(34-38-26(36)37)20-10-9-19(15-22(20)29)35-13-12-23(33)21-14-17(6-11-24(21)35)16-4-7-18(8-5-16)28(30,31)32/h4-11,14-15,23H,12-13,33H2,1-3H3. The summed E-state index contributed by atoms with van der Waals surface area (Å²) in [6, 6.07) is 16.1. The first kappa shape index (κ1) is 26.1. The second kappa shape index (κ2) is 9.32. The van der Waals surface area contributed by atoms with Crippen LogP contribution in [-0.4, -0.2) is 16.3 Å². The van der Waals surface area contributed by atoms with E-state index in [1.165, 1.54) is 16.7 Å². The van der Waals surface area contributed by atoms with E-state index in [9.17, 15) is 18.0 Å². The molecule has 2 N–H and O–H groups in total. The number of fused-ring (bicyclic) bond motifs is 1. The molecule has 0 radical (unpaired) electrons. The summed E-state index contributed by atoms with van der Waals surface area (Å²) in [6.45, 7) is 6.29. The van der Waals surface area contributed by atoms with Crippen LogP contribution in [0.3, 0.4) is 0 Å². The van der Waals surface area contributed by atoms with Crippen LogP contribution in [0, 0.1) is 0 Å². The Morgan fingerprint density at radius 1 is 1.00 bits per heavy atom. The first-order chi connectivity index (χ1) is 17.8. The van der Waals surface area contributed by atoms with Crippen LogP contribution in [0.15, 0.2) is 70.0 Å². The lowest BCUT2D eigenvalue weighted by Crippen LogP contribution is -2.31. The van der Waals surface area contributed by atoms with Crippen LogP contribution in [0.1, 0.15) is 44.4 Å². The van der Waals surface area contributed by atoms with E-state index in [2.05, 4.69) is 10.1 Å². The molecule has 1 aromatic heterocycles. The highest BCUT2D eigenvalue weighted by molar-refractivity contribution is 6.33. The maximum atomic E-state index is 13.0. The van der Waals surface area contributed by atoms with Crippen molar-refractivity contribution >= 4 is 23.0 Å². The van der Waals surface area contributed by atoms with Gasteiger partial charge in [0.1, 0.15) is 0 Å². The largest absolute Gasteiger partial charge is 0.442 e. The Hall–Kier alpha value is -3.56. The van der Waals surface area contributed by atoms with Gasteiger partial charge in [-0.2, -0.15) is 13.2 Å². The van der Waals surface area contributed by atoms with Gasteiger partial charge in [0, 0.05) is 35.1 Å². The molecule has 5 rings (SSSR count). The van der Waals surface area contributed by atoms with Crippen LogP contribution in [-0.2, 0) is 11.7 Å². The number of halogens is 4. The van der Waals surface area contributed by atoms with Crippen molar-refractivity contribution in [3.05, 3.63) is 87.4 Å². The average molecular weight is 543 g/mol. The highest BCUT2D eigenvalue weighted by Gasteiger charge is 2.30. The number of aromatic nitrogens is 2. The molecule has 10 heteroatoms. The summed E-state index contributed by atoms with van der Waals surface area (Å²) in [5, 5.41) is 4.37. The van der Waals surface area contributed by atoms with Crippen molar-refractivity contribution in [3.63, 3.8) is 0 Å². The van der Waals surface area contributed by atoms with E-state index in [1.807, 2.05) is 57.2 Å². The van der Waals surface area contributed by atoms with E-state index < -0.39 is 23.0 Å². The molecule has 1 aliphatic heterocycles. The zero-order valence-electron chi connectivity index (χ0n) is 21.0. The molecule has 0 spiro atoms. The molecule has 198 valence electrons. The van der Waals surface area contributed by atoms with Gasteiger partial charge < -0.3 is 10.6 Å². The molecule has 2 heterocycles. The van der Waals surface area contributed by atoms with E-state index in [0.29, 0.717) is 34.9 Å². The number of alkyl halides is 3. The molecular weight excluding hydrogens is 517 g/mol. The monoisotopic (exact) mass is 542 g/mol. The molecule has 0 amide bonds. The van der Waals surface area contributed by atoms with Crippen molar-refractivity contribution in [2.75, 3.05) is 11.4 Å². The number of anilines is 2. The molecule has 1 unspecified atom stereocenters. The van der Waals surface area contributed by atoms with Gasteiger partial charge in [-0.25, -0.2) is 4.79 Å². The lowest BCUT2D eigenvalue weighted by molar-refractivity contribution is -0.137. The average Bonchev–Trinajstić information content (AvgIpc) is 3.25. The van der Waals surface area contributed by atoms with E-state index in [0.717, 1.165) is 34.6 Å². The van der Waals surface area contributed by atoms with Gasteiger partial charge >= 0.3 is 11.9 Å². The van der Waals surface area contributed by atoms with Crippen LogP contribution in [0.25, 0.3) is 22.5 Å². The molecular formula is C28H26ClF3N4O2. The quantitative estimate of drug-likeness (QED) is 0.298. The fourth-order valence-electron chi connectivity index (χ4n) is 4.81. The maximum absolute atomic E-state index is 13.0. The number of hydrogen-bond acceptors (Lipinski definition) is 5. The van der Waals surface area contributed by atoms with Crippen molar-refractivity contribution in [2.24, 2.45) is 5.73 Å². The number of hydrogen-bond donors (Lipinski definition) is 1. The van der Waals surface area contributed by atoms with Gasteiger partial charge in [-0.3, -0.25) is 9.09 Å². The molecule has 0 bridgehead atoms. The summed E-state index contributed by atoms with van der Waals surface area (Å²) in [4.78, 5) is 14.4. The number of rotatable bonds is 3. The van der Waals surface area contributed by atoms with E-state index >= 15 is 0 Å². The van der Waals surface area contributed by atoms with Crippen LogP contribution >= 0.6 is 11.6 Å². The molecule has 0 saturated carbocycles. The predicted molar refractivity (Wildman–Crippen MR) is 142 cm³/mol. The van der Waals surface area contributed by atoms with Gasteiger partial charge in [0.2, 0.25) is 0 Å². The van der Waals surface area contributed by atoms with Crippen molar-refractivity contribution in [3.8, 4) is 22.5 Å². The second-order valence-corrected chi connectivity index (χ2v) is 10.7. The third kappa shape index (κ3) is 4.72. The Kier molecular flexibility index (Phi) is 6.39. The Labute approximate surface area is 222 Å². The molecule has 1 aliphatic rings. The SMILES string of the molecule is CC(C)(C)n1c(-c2ccc(N3CCC(N)c4cc(-c5ccc(C(F)(F)F)cc5)ccc43)cc2Cl)noc1=O. The van der Waals surface area contributed by atoms with Gasteiger partial charge in [-0.05, 0) is 86.3 Å². The minimum absolute atomic E-state index is 0.221. The maximum Gasteiger partial charge on any atom is 0.442 e. The molecule has 4 aromatic rings. The Morgan fingerprint density at radius 3 is 2.32 bits per heavy atom. The van der Waals surface area contributed by atoms with E-state index in [1.54, 1.807) is 0 Å².